The average molecular weight is 212 g/mol. The summed E-state index contributed by atoms with van der Waals surface area (Å²) in [5, 5.41) is 3.45. The molecular formula is C12H24N2O. The van der Waals surface area contributed by atoms with Gasteiger partial charge >= 0.3 is 0 Å². The van der Waals surface area contributed by atoms with E-state index in [-0.39, 0.29) is 5.41 Å². The van der Waals surface area contributed by atoms with Gasteiger partial charge in [-0.2, -0.15) is 0 Å². The van der Waals surface area contributed by atoms with Gasteiger partial charge in [0.15, 0.2) is 0 Å². The Morgan fingerprint density at radius 3 is 2.67 bits per heavy atom. The summed E-state index contributed by atoms with van der Waals surface area (Å²) in [5.74, 6) is 0.365. The van der Waals surface area contributed by atoms with Crippen molar-refractivity contribution >= 4 is 5.78 Å². The summed E-state index contributed by atoms with van der Waals surface area (Å²) >= 11 is 0. The molecule has 0 aromatic heterocycles. The number of likely N-dealkylation sites (N-methyl/N-ethyl adjacent to an activating group) is 1. The van der Waals surface area contributed by atoms with Crippen LogP contribution in [0.2, 0.25) is 0 Å². The van der Waals surface area contributed by atoms with Crippen molar-refractivity contribution in [2.75, 3.05) is 26.7 Å². The van der Waals surface area contributed by atoms with Crippen LogP contribution in [0.3, 0.4) is 0 Å². The lowest BCUT2D eigenvalue weighted by Gasteiger charge is -2.21. The van der Waals surface area contributed by atoms with Crippen molar-refractivity contribution in [2.24, 2.45) is 5.41 Å². The maximum atomic E-state index is 11.9. The van der Waals surface area contributed by atoms with Crippen LogP contribution in [0.4, 0.5) is 0 Å². The maximum Gasteiger partial charge on any atom is 0.139 e. The van der Waals surface area contributed by atoms with Crippen molar-refractivity contribution in [3.63, 3.8) is 0 Å². The first-order chi connectivity index (χ1) is 6.89. The molecular weight excluding hydrogens is 188 g/mol. The van der Waals surface area contributed by atoms with Crippen molar-refractivity contribution in [2.45, 2.75) is 39.7 Å². The van der Waals surface area contributed by atoms with Gasteiger partial charge in [0.05, 0.1) is 0 Å². The first-order valence-electron chi connectivity index (χ1n) is 5.85. The van der Waals surface area contributed by atoms with E-state index in [2.05, 4.69) is 17.3 Å². The Bertz CT molecular complexity index is 220. The lowest BCUT2D eigenvalue weighted by atomic mass is 9.86. The van der Waals surface area contributed by atoms with Gasteiger partial charge in [0, 0.05) is 31.0 Å². The summed E-state index contributed by atoms with van der Waals surface area (Å²) in [4.78, 5) is 14.2. The van der Waals surface area contributed by atoms with Crippen molar-refractivity contribution in [3.8, 4) is 0 Å². The number of carbonyl (C=O) groups is 1. The third kappa shape index (κ3) is 4.31. The van der Waals surface area contributed by atoms with Crippen LogP contribution in [0.5, 0.6) is 0 Å². The molecule has 1 aliphatic heterocycles. The van der Waals surface area contributed by atoms with Crippen molar-refractivity contribution in [1.82, 2.24) is 10.2 Å². The number of nitrogens with one attached hydrogen (secondary N) is 1. The Morgan fingerprint density at radius 1 is 1.40 bits per heavy atom. The van der Waals surface area contributed by atoms with Gasteiger partial charge < -0.3 is 10.2 Å². The van der Waals surface area contributed by atoms with Crippen LogP contribution in [0.25, 0.3) is 0 Å². The predicted molar refractivity (Wildman–Crippen MR) is 63.0 cm³/mol. The smallest absolute Gasteiger partial charge is 0.139 e. The third-order valence-electron chi connectivity index (χ3n) is 3.05. The number of rotatable bonds is 2. The fourth-order valence-electron chi connectivity index (χ4n) is 1.75. The molecule has 1 rings (SSSR count). The van der Waals surface area contributed by atoms with E-state index < -0.39 is 0 Å². The molecule has 0 bridgehead atoms. The molecule has 0 aromatic carbocycles. The van der Waals surface area contributed by atoms with Gasteiger partial charge in [-0.3, -0.25) is 4.79 Å². The Kier molecular flexibility index (Phi) is 4.29. The third-order valence-corrected chi connectivity index (χ3v) is 3.05. The normalized spacial score (nSPS) is 24.9. The van der Waals surface area contributed by atoms with Gasteiger partial charge in [-0.25, -0.2) is 0 Å². The van der Waals surface area contributed by atoms with Gasteiger partial charge in [0.1, 0.15) is 5.78 Å². The molecule has 0 amide bonds. The van der Waals surface area contributed by atoms with Crippen LogP contribution in [-0.4, -0.2) is 43.4 Å². The first kappa shape index (κ1) is 12.7. The van der Waals surface area contributed by atoms with E-state index >= 15 is 0 Å². The molecule has 0 spiro atoms. The molecule has 1 unspecified atom stereocenters. The van der Waals surface area contributed by atoms with E-state index in [4.69, 9.17) is 0 Å². The monoisotopic (exact) mass is 212 g/mol. The quantitative estimate of drug-likeness (QED) is 0.748. The van der Waals surface area contributed by atoms with Gasteiger partial charge in [0.25, 0.3) is 0 Å². The summed E-state index contributed by atoms with van der Waals surface area (Å²) < 4.78 is 0. The van der Waals surface area contributed by atoms with E-state index in [9.17, 15) is 4.79 Å². The Morgan fingerprint density at radius 2 is 2.07 bits per heavy atom. The molecule has 1 N–H and O–H groups in total. The van der Waals surface area contributed by atoms with Crippen LogP contribution in [0.15, 0.2) is 0 Å². The topological polar surface area (TPSA) is 32.3 Å². The van der Waals surface area contributed by atoms with Gasteiger partial charge in [0.2, 0.25) is 0 Å². The molecule has 3 heteroatoms. The highest BCUT2D eigenvalue weighted by atomic mass is 16.1. The van der Waals surface area contributed by atoms with E-state index in [1.54, 1.807) is 0 Å². The van der Waals surface area contributed by atoms with Crippen LogP contribution in [0, 0.1) is 5.41 Å². The molecule has 0 aliphatic carbocycles. The first-order valence-corrected chi connectivity index (χ1v) is 5.85. The number of hydrogen-bond donors (Lipinski definition) is 1. The number of nitrogens with zero attached hydrogens (tertiary/aromatic N) is 1. The molecule has 0 radical (unpaired) electrons. The average Bonchev–Trinajstić information content (AvgIpc) is 2.29. The minimum Gasteiger partial charge on any atom is -0.312 e. The molecule has 1 heterocycles. The minimum absolute atomic E-state index is 0.195. The van der Waals surface area contributed by atoms with E-state index in [0.29, 0.717) is 18.2 Å². The SMILES string of the molecule is CN1CCNC(CC(=O)C(C)(C)C)CC1. The lowest BCUT2D eigenvalue weighted by Crippen LogP contribution is -2.35. The zero-order valence-corrected chi connectivity index (χ0v) is 10.5. The van der Waals surface area contributed by atoms with E-state index in [0.717, 1.165) is 26.1 Å². The summed E-state index contributed by atoms with van der Waals surface area (Å²) in [6.07, 6.45) is 1.76. The lowest BCUT2D eigenvalue weighted by molar-refractivity contribution is -0.126. The Balaban J connectivity index is 2.41. The summed E-state index contributed by atoms with van der Waals surface area (Å²) in [6.45, 7) is 9.17. The Labute approximate surface area is 93.2 Å². The zero-order chi connectivity index (χ0) is 11.5. The summed E-state index contributed by atoms with van der Waals surface area (Å²) in [7, 11) is 2.13. The van der Waals surface area contributed by atoms with Crippen molar-refractivity contribution in [1.29, 1.82) is 0 Å². The number of hydrogen-bond acceptors (Lipinski definition) is 3. The minimum atomic E-state index is -0.195. The summed E-state index contributed by atoms with van der Waals surface area (Å²) in [6, 6.07) is 0.377. The van der Waals surface area contributed by atoms with E-state index in [1.807, 2.05) is 20.8 Å². The predicted octanol–water partition coefficient (Wildman–Crippen LogP) is 1.29. The van der Waals surface area contributed by atoms with Crippen LogP contribution >= 0.6 is 0 Å². The highest BCUT2D eigenvalue weighted by Crippen LogP contribution is 2.19. The standard InChI is InChI=1S/C12H24N2O/c1-12(2,3)11(15)9-10-5-7-14(4)8-6-13-10/h10,13H,5-9H2,1-4H3. The second kappa shape index (κ2) is 5.08. The molecule has 3 nitrogen and oxygen atoms in total. The van der Waals surface area contributed by atoms with Crippen LogP contribution < -0.4 is 5.32 Å². The highest BCUT2D eigenvalue weighted by molar-refractivity contribution is 5.84. The fourth-order valence-corrected chi connectivity index (χ4v) is 1.75. The molecule has 1 atom stereocenters. The summed E-state index contributed by atoms with van der Waals surface area (Å²) in [5.41, 5.74) is -0.195. The van der Waals surface area contributed by atoms with Gasteiger partial charge in [-0.05, 0) is 20.0 Å². The molecule has 15 heavy (non-hydrogen) atoms. The molecule has 1 aliphatic rings. The van der Waals surface area contributed by atoms with Crippen molar-refractivity contribution < 1.29 is 4.79 Å². The second-order valence-corrected chi connectivity index (χ2v) is 5.62. The van der Waals surface area contributed by atoms with Gasteiger partial charge in [-0.1, -0.05) is 20.8 Å². The Hall–Kier alpha value is -0.410. The largest absolute Gasteiger partial charge is 0.312 e. The number of Topliss-reactive ketones (excluding diaryl/α,β-unsaturated/α-hetero) is 1. The second-order valence-electron chi connectivity index (χ2n) is 5.62. The van der Waals surface area contributed by atoms with E-state index in [1.165, 1.54) is 0 Å². The molecule has 0 aromatic rings. The van der Waals surface area contributed by atoms with Crippen LogP contribution in [-0.2, 0) is 4.79 Å². The fraction of sp³-hybridized carbons (Fsp3) is 0.917. The zero-order valence-electron chi connectivity index (χ0n) is 10.5. The van der Waals surface area contributed by atoms with Gasteiger partial charge in [-0.15, -0.1) is 0 Å². The van der Waals surface area contributed by atoms with Crippen molar-refractivity contribution in [3.05, 3.63) is 0 Å². The number of carbonyl (C=O) groups excluding carboxylic acids is 1. The maximum absolute atomic E-state index is 11.9. The number of ketones is 1. The molecule has 88 valence electrons. The molecule has 0 saturated carbocycles. The molecule has 1 fully saturated rings. The van der Waals surface area contributed by atoms with Crippen LogP contribution in [0.1, 0.15) is 33.6 Å². The molecule has 1 saturated heterocycles. The highest BCUT2D eigenvalue weighted by Gasteiger charge is 2.25.